The lowest BCUT2D eigenvalue weighted by atomic mass is 10.1. The van der Waals surface area contributed by atoms with Crippen LogP contribution in [-0.2, 0) is 6.54 Å². The molecule has 0 amide bonds. The van der Waals surface area contributed by atoms with Crippen LogP contribution in [0.15, 0.2) is 35.3 Å². The Bertz CT molecular complexity index is 612. The molecule has 1 aromatic rings. The third-order valence-corrected chi connectivity index (χ3v) is 6.40. The highest BCUT2D eigenvalue weighted by atomic mass is 15.2. The van der Waals surface area contributed by atoms with Gasteiger partial charge in [0.25, 0.3) is 0 Å². The van der Waals surface area contributed by atoms with Crippen molar-refractivity contribution in [1.29, 1.82) is 0 Å². The van der Waals surface area contributed by atoms with Crippen LogP contribution in [0.2, 0.25) is 0 Å². The Morgan fingerprint density at radius 3 is 2.63 bits per heavy atom. The second-order valence-electron chi connectivity index (χ2n) is 8.47. The van der Waals surface area contributed by atoms with Crippen LogP contribution in [0.25, 0.3) is 0 Å². The van der Waals surface area contributed by atoms with Crippen LogP contribution in [-0.4, -0.2) is 67.6 Å². The lowest BCUT2D eigenvalue weighted by Gasteiger charge is -2.26. The third kappa shape index (κ3) is 5.23. The van der Waals surface area contributed by atoms with E-state index in [1.54, 1.807) is 0 Å². The van der Waals surface area contributed by atoms with Crippen molar-refractivity contribution in [3.05, 3.63) is 35.9 Å². The molecule has 4 rings (SSSR count). The molecule has 2 unspecified atom stereocenters. The minimum absolute atomic E-state index is 0.598. The maximum absolute atomic E-state index is 4.45. The summed E-state index contributed by atoms with van der Waals surface area (Å²) in [5, 5.41) is 7.15. The van der Waals surface area contributed by atoms with Crippen molar-refractivity contribution in [2.75, 3.05) is 39.8 Å². The molecule has 3 aliphatic rings. The van der Waals surface area contributed by atoms with E-state index in [1.165, 1.54) is 57.3 Å². The molecule has 148 valence electrons. The SMILES string of the molecule is CN=C(NCC1CCN(C2CC2)C1)NCC1CCCN1Cc1ccccc1. The van der Waals surface area contributed by atoms with Crippen molar-refractivity contribution in [1.82, 2.24) is 20.4 Å². The second-order valence-corrected chi connectivity index (χ2v) is 8.47. The summed E-state index contributed by atoms with van der Waals surface area (Å²) < 4.78 is 0. The van der Waals surface area contributed by atoms with Gasteiger partial charge in [-0.15, -0.1) is 0 Å². The predicted octanol–water partition coefficient (Wildman–Crippen LogP) is 2.30. The van der Waals surface area contributed by atoms with Gasteiger partial charge in [0.2, 0.25) is 0 Å². The molecular weight excluding hydrogens is 334 g/mol. The molecule has 2 aliphatic heterocycles. The van der Waals surface area contributed by atoms with Crippen LogP contribution in [0.5, 0.6) is 0 Å². The highest BCUT2D eigenvalue weighted by Gasteiger charge is 2.34. The number of nitrogens with zero attached hydrogens (tertiary/aromatic N) is 3. The van der Waals surface area contributed by atoms with Gasteiger partial charge >= 0.3 is 0 Å². The number of likely N-dealkylation sites (tertiary alicyclic amines) is 2. The average molecular weight is 370 g/mol. The normalized spacial score (nSPS) is 27.2. The fourth-order valence-electron chi connectivity index (χ4n) is 4.63. The van der Waals surface area contributed by atoms with Crippen LogP contribution in [0, 0.1) is 5.92 Å². The summed E-state index contributed by atoms with van der Waals surface area (Å²) >= 11 is 0. The smallest absolute Gasteiger partial charge is 0.191 e. The zero-order valence-corrected chi connectivity index (χ0v) is 16.7. The Balaban J connectivity index is 1.19. The molecule has 5 nitrogen and oxygen atoms in total. The van der Waals surface area contributed by atoms with Gasteiger partial charge < -0.3 is 15.5 Å². The minimum Gasteiger partial charge on any atom is -0.356 e. The molecule has 2 N–H and O–H groups in total. The number of hydrogen-bond acceptors (Lipinski definition) is 3. The van der Waals surface area contributed by atoms with Crippen molar-refractivity contribution in [2.24, 2.45) is 10.9 Å². The first-order valence-corrected chi connectivity index (χ1v) is 10.8. The van der Waals surface area contributed by atoms with E-state index in [4.69, 9.17) is 0 Å². The van der Waals surface area contributed by atoms with Crippen molar-refractivity contribution >= 4 is 5.96 Å². The molecule has 0 bridgehead atoms. The third-order valence-electron chi connectivity index (χ3n) is 6.40. The van der Waals surface area contributed by atoms with E-state index < -0.39 is 0 Å². The molecule has 1 aliphatic carbocycles. The Hall–Kier alpha value is -1.59. The molecule has 5 heteroatoms. The van der Waals surface area contributed by atoms with E-state index in [2.05, 4.69) is 55.8 Å². The molecule has 3 fully saturated rings. The topological polar surface area (TPSA) is 42.9 Å². The summed E-state index contributed by atoms with van der Waals surface area (Å²) in [5.41, 5.74) is 1.41. The summed E-state index contributed by atoms with van der Waals surface area (Å²) in [6.45, 7) is 6.83. The van der Waals surface area contributed by atoms with Gasteiger partial charge in [-0.05, 0) is 56.7 Å². The van der Waals surface area contributed by atoms with Crippen LogP contribution in [0.1, 0.15) is 37.7 Å². The van der Waals surface area contributed by atoms with Crippen LogP contribution in [0.4, 0.5) is 0 Å². The van der Waals surface area contributed by atoms with E-state index in [1.807, 2.05) is 7.05 Å². The molecule has 1 saturated carbocycles. The molecule has 1 aromatic carbocycles. The van der Waals surface area contributed by atoms with Gasteiger partial charge in [0.15, 0.2) is 5.96 Å². The van der Waals surface area contributed by atoms with E-state index in [9.17, 15) is 0 Å². The van der Waals surface area contributed by atoms with Gasteiger partial charge in [0, 0.05) is 45.3 Å². The predicted molar refractivity (Wildman–Crippen MR) is 112 cm³/mol. The molecule has 2 saturated heterocycles. The van der Waals surface area contributed by atoms with Gasteiger partial charge in [-0.3, -0.25) is 9.89 Å². The Morgan fingerprint density at radius 2 is 1.85 bits per heavy atom. The summed E-state index contributed by atoms with van der Waals surface area (Å²) in [6.07, 6.45) is 6.74. The van der Waals surface area contributed by atoms with Gasteiger partial charge in [-0.2, -0.15) is 0 Å². The fraction of sp³-hybridized carbons (Fsp3) is 0.682. The zero-order valence-electron chi connectivity index (χ0n) is 16.7. The molecule has 0 radical (unpaired) electrons. The summed E-state index contributed by atoms with van der Waals surface area (Å²) in [7, 11) is 1.89. The van der Waals surface area contributed by atoms with Crippen molar-refractivity contribution < 1.29 is 0 Å². The van der Waals surface area contributed by atoms with Crippen LogP contribution < -0.4 is 10.6 Å². The van der Waals surface area contributed by atoms with Gasteiger partial charge in [-0.1, -0.05) is 30.3 Å². The monoisotopic (exact) mass is 369 g/mol. The highest BCUT2D eigenvalue weighted by Crippen LogP contribution is 2.31. The summed E-state index contributed by atoms with van der Waals surface area (Å²) in [5.74, 6) is 1.73. The molecular formula is C22H35N5. The number of rotatable bonds is 7. The minimum atomic E-state index is 0.598. The van der Waals surface area contributed by atoms with Gasteiger partial charge in [0.1, 0.15) is 0 Å². The van der Waals surface area contributed by atoms with Gasteiger partial charge in [-0.25, -0.2) is 0 Å². The molecule has 27 heavy (non-hydrogen) atoms. The Morgan fingerprint density at radius 1 is 1.04 bits per heavy atom. The number of guanidine groups is 1. The first-order chi connectivity index (χ1) is 13.3. The average Bonchev–Trinajstić information content (AvgIpc) is 3.28. The van der Waals surface area contributed by atoms with E-state index in [0.29, 0.717) is 6.04 Å². The number of hydrogen-bond donors (Lipinski definition) is 2. The van der Waals surface area contributed by atoms with Gasteiger partial charge in [0.05, 0.1) is 0 Å². The maximum atomic E-state index is 4.45. The standard InChI is InChI=1S/C22H35N5/c1-23-22(24-14-19-11-13-27(17-19)20-9-10-20)25-15-21-8-5-12-26(21)16-18-6-3-2-4-7-18/h2-4,6-7,19-21H,5,8-17H2,1H3,(H2,23,24,25). The molecule has 0 spiro atoms. The van der Waals surface area contributed by atoms with E-state index in [-0.39, 0.29) is 0 Å². The van der Waals surface area contributed by atoms with Crippen LogP contribution in [0.3, 0.4) is 0 Å². The number of aliphatic imine (C=N–C) groups is 1. The summed E-state index contributed by atoms with van der Waals surface area (Å²) in [4.78, 5) is 9.74. The second kappa shape index (κ2) is 9.07. The Labute approximate surface area is 164 Å². The highest BCUT2D eigenvalue weighted by molar-refractivity contribution is 5.79. The number of nitrogens with one attached hydrogen (secondary N) is 2. The van der Waals surface area contributed by atoms with E-state index >= 15 is 0 Å². The largest absolute Gasteiger partial charge is 0.356 e. The Kier molecular flexibility index (Phi) is 6.30. The number of benzene rings is 1. The van der Waals surface area contributed by atoms with Crippen LogP contribution >= 0.6 is 0 Å². The van der Waals surface area contributed by atoms with Crippen molar-refractivity contribution in [3.8, 4) is 0 Å². The lowest BCUT2D eigenvalue weighted by molar-refractivity contribution is 0.245. The van der Waals surface area contributed by atoms with E-state index in [0.717, 1.165) is 37.6 Å². The lowest BCUT2D eigenvalue weighted by Crippen LogP contribution is -2.46. The summed E-state index contributed by atoms with van der Waals surface area (Å²) in [6, 6.07) is 12.3. The first-order valence-electron chi connectivity index (χ1n) is 10.8. The maximum Gasteiger partial charge on any atom is 0.191 e. The fourth-order valence-corrected chi connectivity index (χ4v) is 4.63. The molecule has 2 heterocycles. The zero-order chi connectivity index (χ0) is 18.5. The van der Waals surface area contributed by atoms with Crippen molar-refractivity contribution in [2.45, 2.75) is 50.7 Å². The quantitative estimate of drug-likeness (QED) is 0.572. The molecule has 0 aromatic heterocycles. The van der Waals surface area contributed by atoms with Crippen molar-refractivity contribution in [3.63, 3.8) is 0 Å². The molecule has 2 atom stereocenters. The first kappa shape index (κ1) is 18.8.